The summed E-state index contributed by atoms with van der Waals surface area (Å²) >= 11 is 0. The molecule has 1 unspecified atom stereocenters. The maximum atomic E-state index is 13.7. The molecule has 0 fully saturated rings. The Kier molecular flexibility index (Phi) is 7.14. The van der Waals surface area contributed by atoms with Crippen molar-refractivity contribution in [2.24, 2.45) is 0 Å². The SMILES string of the molecule is Cc1ccc2c(c1)C(NC(=O)CN(c1ccc(C(C)C)cc1)S(=O)(=O)c1ccccc1)CC(C)(C)O2. The van der Waals surface area contributed by atoms with Crippen LogP contribution in [0, 0.1) is 6.92 Å². The Bertz CT molecular complexity index is 1330. The van der Waals surface area contributed by atoms with E-state index in [-0.39, 0.29) is 23.4 Å². The van der Waals surface area contributed by atoms with Crippen LogP contribution in [0.5, 0.6) is 5.75 Å². The van der Waals surface area contributed by atoms with Crippen LogP contribution in [-0.4, -0.2) is 26.5 Å². The molecule has 36 heavy (non-hydrogen) atoms. The van der Waals surface area contributed by atoms with E-state index >= 15 is 0 Å². The van der Waals surface area contributed by atoms with Crippen LogP contribution in [0.1, 0.15) is 62.8 Å². The predicted octanol–water partition coefficient (Wildman–Crippen LogP) is 5.73. The summed E-state index contributed by atoms with van der Waals surface area (Å²) in [5.74, 6) is 0.666. The molecule has 0 aromatic heterocycles. The van der Waals surface area contributed by atoms with Crippen molar-refractivity contribution in [2.75, 3.05) is 10.8 Å². The number of rotatable bonds is 7. The van der Waals surface area contributed by atoms with E-state index in [1.165, 1.54) is 4.31 Å². The van der Waals surface area contributed by atoms with Gasteiger partial charge in [0.2, 0.25) is 5.91 Å². The molecule has 4 rings (SSSR count). The summed E-state index contributed by atoms with van der Waals surface area (Å²) in [5.41, 5.74) is 3.04. The highest BCUT2D eigenvalue weighted by Gasteiger charge is 2.35. The van der Waals surface area contributed by atoms with Gasteiger partial charge < -0.3 is 10.1 Å². The molecule has 190 valence electrons. The Morgan fingerprint density at radius 3 is 2.36 bits per heavy atom. The summed E-state index contributed by atoms with van der Waals surface area (Å²) in [6.07, 6.45) is 0.573. The van der Waals surface area contributed by atoms with Gasteiger partial charge >= 0.3 is 0 Å². The molecule has 1 aliphatic heterocycles. The molecule has 3 aromatic carbocycles. The second kappa shape index (κ2) is 9.97. The second-order valence-corrected chi connectivity index (χ2v) is 12.2. The standard InChI is InChI=1S/C29H34N2O4S/c1-20(2)22-12-14-23(15-13-22)31(36(33,34)24-9-7-6-8-10-24)19-28(32)30-26-18-29(4,5)35-27-16-11-21(3)17-25(26)27/h6-17,20,26H,18-19H2,1-5H3,(H,30,32). The summed E-state index contributed by atoms with van der Waals surface area (Å²) in [6.45, 7) is 9.78. The number of ether oxygens (including phenoxy) is 1. The van der Waals surface area contributed by atoms with E-state index in [0.29, 0.717) is 18.0 Å². The smallest absolute Gasteiger partial charge is 0.264 e. The number of aryl methyl sites for hydroxylation is 1. The van der Waals surface area contributed by atoms with Gasteiger partial charge in [0.1, 0.15) is 17.9 Å². The maximum Gasteiger partial charge on any atom is 0.264 e. The topological polar surface area (TPSA) is 75.7 Å². The molecule has 0 radical (unpaired) electrons. The molecule has 1 heterocycles. The number of fused-ring (bicyclic) bond motifs is 1. The number of carbonyl (C=O) groups excluding carboxylic acids is 1. The fourth-order valence-corrected chi connectivity index (χ4v) is 5.98. The van der Waals surface area contributed by atoms with E-state index in [1.54, 1.807) is 42.5 Å². The number of amides is 1. The van der Waals surface area contributed by atoms with Crippen LogP contribution < -0.4 is 14.4 Å². The Hall–Kier alpha value is -3.32. The number of nitrogens with one attached hydrogen (secondary N) is 1. The zero-order valence-corrected chi connectivity index (χ0v) is 22.3. The summed E-state index contributed by atoms with van der Waals surface area (Å²) in [7, 11) is -3.97. The minimum absolute atomic E-state index is 0.138. The molecule has 1 atom stereocenters. The number of hydrogen-bond donors (Lipinski definition) is 1. The van der Waals surface area contributed by atoms with Gasteiger partial charge in [0.05, 0.1) is 16.6 Å². The number of nitrogens with zero attached hydrogens (tertiary/aromatic N) is 1. The molecular weight excluding hydrogens is 472 g/mol. The van der Waals surface area contributed by atoms with Crippen LogP contribution in [0.3, 0.4) is 0 Å². The van der Waals surface area contributed by atoms with Crippen LogP contribution in [0.2, 0.25) is 0 Å². The van der Waals surface area contributed by atoms with Crippen LogP contribution >= 0.6 is 0 Å². The van der Waals surface area contributed by atoms with Gasteiger partial charge in [-0.3, -0.25) is 9.10 Å². The van der Waals surface area contributed by atoms with Crippen molar-refractivity contribution >= 4 is 21.6 Å². The van der Waals surface area contributed by atoms with E-state index in [2.05, 4.69) is 19.2 Å². The zero-order valence-electron chi connectivity index (χ0n) is 21.5. The minimum Gasteiger partial charge on any atom is -0.487 e. The van der Waals surface area contributed by atoms with Gasteiger partial charge in [-0.2, -0.15) is 0 Å². The third-order valence-electron chi connectivity index (χ3n) is 6.42. The monoisotopic (exact) mass is 506 g/mol. The van der Waals surface area contributed by atoms with E-state index in [9.17, 15) is 13.2 Å². The van der Waals surface area contributed by atoms with E-state index in [1.807, 2.05) is 51.1 Å². The lowest BCUT2D eigenvalue weighted by Crippen LogP contribution is -2.45. The first kappa shape index (κ1) is 25.8. The predicted molar refractivity (Wildman–Crippen MR) is 143 cm³/mol. The van der Waals surface area contributed by atoms with E-state index in [0.717, 1.165) is 22.4 Å². The first-order chi connectivity index (χ1) is 17.0. The Labute approximate surface area is 214 Å². The molecule has 0 saturated carbocycles. The maximum absolute atomic E-state index is 13.7. The molecule has 3 aromatic rings. The van der Waals surface area contributed by atoms with Crippen molar-refractivity contribution in [3.63, 3.8) is 0 Å². The number of hydrogen-bond acceptors (Lipinski definition) is 4. The van der Waals surface area contributed by atoms with Gasteiger partial charge in [-0.1, -0.05) is 61.9 Å². The second-order valence-electron chi connectivity index (χ2n) is 10.3. The fraction of sp³-hybridized carbons (Fsp3) is 0.345. The average molecular weight is 507 g/mol. The van der Waals surface area contributed by atoms with Crippen molar-refractivity contribution < 1.29 is 17.9 Å². The zero-order chi connectivity index (χ0) is 26.1. The molecule has 6 nitrogen and oxygen atoms in total. The Morgan fingerprint density at radius 2 is 1.72 bits per heavy atom. The fourth-order valence-electron chi connectivity index (χ4n) is 4.53. The summed E-state index contributed by atoms with van der Waals surface area (Å²) < 4.78 is 34.6. The van der Waals surface area contributed by atoms with Gasteiger partial charge in [0.25, 0.3) is 10.0 Å². The third kappa shape index (κ3) is 5.57. The van der Waals surface area contributed by atoms with Gasteiger partial charge in [0, 0.05) is 12.0 Å². The highest BCUT2D eigenvalue weighted by molar-refractivity contribution is 7.92. The largest absolute Gasteiger partial charge is 0.487 e. The number of anilines is 1. The van der Waals surface area contributed by atoms with Crippen molar-refractivity contribution in [3.8, 4) is 5.75 Å². The molecular formula is C29H34N2O4S. The lowest BCUT2D eigenvalue weighted by atomic mass is 9.89. The molecule has 0 saturated heterocycles. The van der Waals surface area contributed by atoms with Gasteiger partial charge in [-0.05, 0) is 62.6 Å². The van der Waals surface area contributed by atoms with Crippen molar-refractivity contribution in [1.82, 2.24) is 5.32 Å². The van der Waals surface area contributed by atoms with Gasteiger partial charge in [-0.25, -0.2) is 8.42 Å². The Balaban J connectivity index is 1.65. The first-order valence-electron chi connectivity index (χ1n) is 12.2. The van der Waals surface area contributed by atoms with Crippen molar-refractivity contribution in [1.29, 1.82) is 0 Å². The quantitative estimate of drug-likeness (QED) is 0.444. The van der Waals surface area contributed by atoms with Gasteiger partial charge in [-0.15, -0.1) is 0 Å². The third-order valence-corrected chi connectivity index (χ3v) is 8.21. The molecule has 1 N–H and O–H groups in total. The minimum atomic E-state index is -3.97. The van der Waals surface area contributed by atoms with Crippen LogP contribution in [0.25, 0.3) is 0 Å². The average Bonchev–Trinajstić information content (AvgIpc) is 2.83. The normalized spacial score (nSPS) is 16.7. The molecule has 1 aliphatic rings. The summed E-state index contributed by atoms with van der Waals surface area (Å²) in [5, 5.41) is 3.09. The molecule has 0 aliphatic carbocycles. The Morgan fingerprint density at radius 1 is 1.06 bits per heavy atom. The first-order valence-corrected chi connectivity index (χ1v) is 13.7. The van der Waals surface area contributed by atoms with Crippen LogP contribution in [0.4, 0.5) is 5.69 Å². The van der Waals surface area contributed by atoms with E-state index < -0.39 is 15.6 Å². The van der Waals surface area contributed by atoms with Crippen LogP contribution in [-0.2, 0) is 14.8 Å². The number of benzene rings is 3. The van der Waals surface area contributed by atoms with Crippen molar-refractivity contribution in [2.45, 2.75) is 63.5 Å². The highest BCUT2D eigenvalue weighted by atomic mass is 32.2. The van der Waals surface area contributed by atoms with Crippen LogP contribution in [0.15, 0.2) is 77.7 Å². The summed E-state index contributed by atoms with van der Waals surface area (Å²) in [6, 6.07) is 21.2. The van der Waals surface area contributed by atoms with Crippen molar-refractivity contribution in [3.05, 3.63) is 89.5 Å². The lowest BCUT2D eigenvalue weighted by Gasteiger charge is -2.38. The van der Waals surface area contributed by atoms with E-state index in [4.69, 9.17) is 4.74 Å². The highest BCUT2D eigenvalue weighted by Crippen LogP contribution is 2.40. The molecule has 7 heteroatoms. The molecule has 0 spiro atoms. The molecule has 1 amide bonds. The lowest BCUT2D eigenvalue weighted by molar-refractivity contribution is -0.120. The number of carbonyl (C=O) groups is 1. The van der Waals surface area contributed by atoms with Gasteiger partial charge in [0.15, 0.2) is 0 Å². The molecule has 0 bridgehead atoms. The number of sulfonamides is 1. The summed E-state index contributed by atoms with van der Waals surface area (Å²) in [4.78, 5) is 13.5.